The van der Waals surface area contributed by atoms with E-state index in [9.17, 15) is 19.5 Å². The van der Waals surface area contributed by atoms with Crippen LogP contribution in [0.5, 0.6) is 0 Å². The molecule has 0 saturated heterocycles. The molecule has 4 N–H and O–H groups in total. The first-order valence-electron chi connectivity index (χ1n) is 6.24. The summed E-state index contributed by atoms with van der Waals surface area (Å²) in [6.07, 6.45) is 2.76. The summed E-state index contributed by atoms with van der Waals surface area (Å²) < 4.78 is 0. The van der Waals surface area contributed by atoms with Crippen LogP contribution < -0.4 is 16.6 Å². The number of fused-ring (bicyclic) bond motifs is 2. The number of carboxylic acid groups (broad SMARTS) is 1. The first-order valence-corrected chi connectivity index (χ1v) is 6.24. The van der Waals surface area contributed by atoms with Crippen LogP contribution in [0.1, 0.15) is 19.3 Å². The van der Waals surface area contributed by atoms with Gasteiger partial charge in [0.2, 0.25) is 5.82 Å². The topological polar surface area (TPSA) is 128 Å². The summed E-state index contributed by atoms with van der Waals surface area (Å²) in [5.74, 6) is -0.943. The van der Waals surface area contributed by atoms with Gasteiger partial charge in [-0.1, -0.05) is 0 Å². The van der Waals surface area contributed by atoms with Crippen LogP contribution in [0, 0.1) is 17.8 Å². The molecule has 1 aromatic rings. The number of hydrogen-bond acceptors (Lipinski definition) is 5. The Labute approximate surface area is 107 Å². The van der Waals surface area contributed by atoms with Crippen molar-refractivity contribution in [3.8, 4) is 0 Å². The summed E-state index contributed by atoms with van der Waals surface area (Å²) in [6.45, 7) is 0. The van der Waals surface area contributed by atoms with E-state index in [0.717, 1.165) is 19.3 Å². The van der Waals surface area contributed by atoms with Crippen molar-refractivity contribution in [3.05, 3.63) is 20.8 Å². The summed E-state index contributed by atoms with van der Waals surface area (Å²) in [7, 11) is 0. The Kier molecular flexibility index (Phi) is 2.65. The van der Waals surface area contributed by atoms with Gasteiger partial charge in [0.15, 0.2) is 0 Å². The molecule has 0 aromatic carbocycles. The normalized spacial score (nSPS) is 32.4. The van der Waals surface area contributed by atoms with Gasteiger partial charge >= 0.3 is 11.7 Å². The van der Waals surface area contributed by atoms with Crippen molar-refractivity contribution < 1.29 is 9.90 Å². The van der Waals surface area contributed by atoms with Crippen LogP contribution in [0.4, 0.5) is 5.82 Å². The highest BCUT2D eigenvalue weighted by Gasteiger charge is 2.51. The molecule has 19 heavy (non-hydrogen) atoms. The summed E-state index contributed by atoms with van der Waals surface area (Å²) in [5.41, 5.74) is -1.31. The number of carboxylic acids is 1. The first-order chi connectivity index (χ1) is 9.06. The van der Waals surface area contributed by atoms with Gasteiger partial charge in [0.05, 0.1) is 5.92 Å². The van der Waals surface area contributed by atoms with E-state index in [-0.39, 0.29) is 23.7 Å². The van der Waals surface area contributed by atoms with Crippen LogP contribution in [0.2, 0.25) is 0 Å². The minimum atomic E-state index is -0.842. The highest BCUT2D eigenvalue weighted by atomic mass is 16.4. The van der Waals surface area contributed by atoms with Gasteiger partial charge < -0.3 is 10.4 Å². The molecule has 8 nitrogen and oxygen atoms in total. The Balaban J connectivity index is 1.88. The minimum Gasteiger partial charge on any atom is -0.481 e. The zero-order valence-electron chi connectivity index (χ0n) is 10.0. The SMILES string of the molecule is O=C(O)C1C2CCC(C2)C1Nc1n[nH]c(=O)[nH]c1=O. The van der Waals surface area contributed by atoms with E-state index >= 15 is 0 Å². The van der Waals surface area contributed by atoms with Gasteiger partial charge in [-0.25, -0.2) is 9.89 Å². The summed E-state index contributed by atoms with van der Waals surface area (Å²) in [4.78, 5) is 35.8. The number of carbonyl (C=O) groups is 1. The average molecular weight is 266 g/mol. The zero-order valence-corrected chi connectivity index (χ0v) is 10.0. The van der Waals surface area contributed by atoms with Crippen molar-refractivity contribution in [2.24, 2.45) is 17.8 Å². The van der Waals surface area contributed by atoms with Crippen LogP contribution in [0.3, 0.4) is 0 Å². The molecule has 2 aliphatic rings. The number of nitrogens with zero attached hydrogens (tertiary/aromatic N) is 1. The summed E-state index contributed by atoms with van der Waals surface area (Å²) in [5, 5.41) is 18.0. The fourth-order valence-corrected chi connectivity index (χ4v) is 3.46. The van der Waals surface area contributed by atoms with Gasteiger partial charge in [0.1, 0.15) is 0 Å². The highest BCUT2D eigenvalue weighted by Crippen LogP contribution is 2.49. The Morgan fingerprint density at radius 1 is 1.32 bits per heavy atom. The number of anilines is 1. The average Bonchev–Trinajstić information content (AvgIpc) is 2.92. The van der Waals surface area contributed by atoms with Crippen molar-refractivity contribution in [1.82, 2.24) is 15.2 Å². The quantitative estimate of drug-likeness (QED) is 0.576. The van der Waals surface area contributed by atoms with E-state index in [2.05, 4.69) is 20.5 Å². The molecule has 2 fully saturated rings. The van der Waals surface area contributed by atoms with Crippen molar-refractivity contribution >= 4 is 11.8 Å². The van der Waals surface area contributed by atoms with E-state index in [4.69, 9.17) is 0 Å². The molecule has 2 bridgehead atoms. The van der Waals surface area contributed by atoms with E-state index in [0.29, 0.717) is 0 Å². The lowest BCUT2D eigenvalue weighted by Gasteiger charge is -2.28. The fourth-order valence-electron chi connectivity index (χ4n) is 3.46. The van der Waals surface area contributed by atoms with Crippen LogP contribution in [-0.2, 0) is 4.79 Å². The third-order valence-corrected chi connectivity index (χ3v) is 4.22. The fraction of sp³-hybridized carbons (Fsp3) is 0.636. The standard InChI is InChI=1S/C11H14N4O4/c16-9-8(14-15-11(19)13-9)12-7-5-2-1-4(3-5)6(7)10(17)18/h4-7H,1-3H2,(H,12,14)(H,17,18)(H2,13,15,16,19). The van der Waals surface area contributed by atoms with Gasteiger partial charge in [-0.2, -0.15) is 0 Å². The number of nitrogens with one attached hydrogen (secondary N) is 3. The minimum absolute atomic E-state index is 0.0246. The third kappa shape index (κ3) is 1.92. The second kappa shape index (κ2) is 4.22. The number of rotatable bonds is 3. The number of hydrogen-bond donors (Lipinski definition) is 4. The Hall–Kier alpha value is -2.12. The zero-order chi connectivity index (χ0) is 13.6. The van der Waals surface area contributed by atoms with Crippen molar-refractivity contribution in [2.45, 2.75) is 25.3 Å². The Morgan fingerprint density at radius 3 is 2.74 bits per heavy atom. The lowest BCUT2D eigenvalue weighted by molar-refractivity contribution is -0.143. The second-order valence-corrected chi connectivity index (χ2v) is 5.22. The maximum atomic E-state index is 11.6. The van der Waals surface area contributed by atoms with Gasteiger partial charge in [-0.15, -0.1) is 5.10 Å². The molecule has 3 rings (SSSR count). The first kappa shape index (κ1) is 11.9. The molecule has 102 valence electrons. The van der Waals surface area contributed by atoms with E-state index < -0.39 is 23.1 Å². The second-order valence-electron chi connectivity index (χ2n) is 5.22. The summed E-state index contributed by atoms with van der Waals surface area (Å²) in [6, 6.07) is -0.296. The molecule has 1 aromatic heterocycles. The number of aliphatic carboxylic acids is 1. The van der Waals surface area contributed by atoms with Gasteiger partial charge in [-0.05, 0) is 31.1 Å². The molecule has 2 aliphatic carbocycles. The molecule has 1 heterocycles. The molecule has 0 radical (unpaired) electrons. The third-order valence-electron chi connectivity index (χ3n) is 4.22. The number of aromatic amines is 2. The van der Waals surface area contributed by atoms with Crippen LogP contribution in [0.25, 0.3) is 0 Å². The van der Waals surface area contributed by atoms with Gasteiger partial charge in [0.25, 0.3) is 5.56 Å². The van der Waals surface area contributed by atoms with Crippen LogP contribution in [-0.4, -0.2) is 32.3 Å². The molecular weight excluding hydrogens is 252 g/mol. The molecule has 4 atom stereocenters. The van der Waals surface area contributed by atoms with E-state index in [1.807, 2.05) is 0 Å². The Bertz CT molecular complexity index is 622. The monoisotopic (exact) mass is 266 g/mol. The molecule has 0 aliphatic heterocycles. The molecular formula is C11H14N4O4. The molecule has 0 amide bonds. The van der Waals surface area contributed by atoms with Crippen molar-refractivity contribution in [2.75, 3.05) is 5.32 Å². The molecule has 0 spiro atoms. The Morgan fingerprint density at radius 2 is 2.05 bits per heavy atom. The van der Waals surface area contributed by atoms with Crippen LogP contribution >= 0.6 is 0 Å². The lowest BCUT2D eigenvalue weighted by Crippen LogP contribution is -2.41. The van der Waals surface area contributed by atoms with Crippen molar-refractivity contribution in [1.29, 1.82) is 0 Å². The maximum absolute atomic E-state index is 11.6. The van der Waals surface area contributed by atoms with E-state index in [1.54, 1.807) is 0 Å². The predicted molar refractivity (Wildman–Crippen MR) is 64.8 cm³/mol. The lowest BCUT2D eigenvalue weighted by atomic mass is 9.84. The van der Waals surface area contributed by atoms with Gasteiger partial charge in [-0.3, -0.25) is 14.6 Å². The van der Waals surface area contributed by atoms with Crippen LogP contribution in [0.15, 0.2) is 9.59 Å². The van der Waals surface area contributed by atoms with E-state index in [1.165, 1.54) is 0 Å². The number of aromatic nitrogens is 3. The molecule has 2 saturated carbocycles. The largest absolute Gasteiger partial charge is 0.481 e. The predicted octanol–water partition coefficient (Wildman–Crippen LogP) is -0.631. The van der Waals surface area contributed by atoms with Crippen molar-refractivity contribution in [3.63, 3.8) is 0 Å². The summed E-state index contributed by atoms with van der Waals surface area (Å²) >= 11 is 0. The van der Waals surface area contributed by atoms with Gasteiger partial charge in [0, 0.05) is 6.04 Å². The molecule has 4 unspecified atom stereocenters. The maximum Gasteiger partial charge on any atom is 0.342 e. The molecule has 8 heteroatoms. The highest BCUT2D eigenvalue weighted by molar-refractivity contribution is 5.73. The number of H-pyrrole nitrogens is 2. The smallest absolute Gasteiger partial charge is 0.342 e.